The molecule has 4 rings (SSSR count). The number of nitrogens with zero attached hydrogens (tertiary/aromatic N) is 4. The van der Waals surface area contributed by atoms with E-state index in [4.69, 9.17) is 8.83 Å². The van der Waals surface area contributed by atoms with Crippen LogP contribution in [0.25, 0.3) is 0 Å². The summed E-state index contributed by atoms with van der Waals surface area (Å²) >= 11 is 0. The number of benzene rings is 1. The van der Waals surface area contributed by atoms with Crippen molar-refractivity contribution in [2.24, 2.45) is 0 Å². The van der Waals surface area contributed by atoms with Crippen molar-refractivity contribution in [1.29, 1.82) is 0 Å². The van der Waals surface area contributed by atoms with Crippen molar-refractivity contribution < 1.29 is 22.2 Å². The Morgan fingerprint density at radius 1 is 1.00 bits per heavy atom. The number of hydrogen-bond acceptors (Lipinski definition) is 8. The predicted molar refractivity (Wildman–Crippen MR) is 117 cm³/mol. The van der Waals surface area contributed by atoms with E-state index in [2.05, 4.69) is 0 Å². The molecule has 170 valence electrons. The van der Waals surface area contributed by atoms with Gasteiger partial charge >= 0.3 is 0 Å². The Labute approximate surface area is 185 Å². The molecule has 1 aromatic carbocycles. The molecule has 0 atom stereocenters. The van der Waals surface area contributed by atoms with Gasteiger partial charge in [-0.25, -0.2) is 8.42 Å². The third kappa shape index (κ3) is 4.69. The van der Waals surface area contributed by atoms with E-state index in [1.165, 1.54) is 29.0 Å². The molecular formula is C21H24N4O6S. The number of likely N-dealkylation sites (N-methyl/N-ethyl adjacent to an activating group) is 1. The van der Waals surface area contributed by atoms with Crippen molar-refractivity contribution in [3.63, 3.8) is 0 Å². The Hall–Kier alpha value is -3.15. The Kier molecular flexibility index (Phi) is 6.31. The van der Waals surface area contributed by atoms with Crippen LogP contribution >= 0.6 is 0 Å². The van der Waals surface area contributed by atoms with Crippen LogP contribution in [0.2, 0.25) is 0 Å². The minimum atomic E-state index is -3.84. The highest BCUT2D eigenvalue weighted by atomic mass is 32.2. The molecule has 1 aliphatic heterocycles. The van der Waals surface area contributed by atoms with Crippen LogP contribution in [0.5, 0.6) is 0 Å². The molecule has 1 saturated heterocycles. The summed E-state index contributed by atoms with van der Waals surface area (Å²) in [4.78, 5) is 15.1. The van der Waals surface area contributed by atoms with Gasteiger partial charge in [-0.3, -0.25) is 10.1 Å². The van der Waals surface area contributed by atoms with Crippen molar-refractivity contribution in [2.45, 2.75) is 18.0 Å². The van der Waals surface area contributed by atoms with Crippen molar-refractivity contribution in [2.75, 3.05) is 38.1 Å². The second-order valence-corrected chi connectivity index (χ2v) is 9.57. The van der Waals surface area contributed by atoms with Gasteiger partial charge < -0.3 is 18.6 Å². The van der Waals surface area contributed by atoms with Crippen LogP contribution in [-0.2, 0) is 23.1 Å². The van der Waals surface area contributed by atoms with Crippen LogP contribution in [0.15, 0.2) is 68.7 Å². The molecule has 3 aromatic rings. The summed E-state index contributed by atoms with van der Waals surface area (Å²) in [5.74, 6) is 1.22. The van der Waals surface area contributed by atoms with Crippen LogP contribution in [0, 0.1) is 10.1 Å². The van der Waals surface area contributed by atoms with Gasteiger partial charge in [0.2, 0.25) is 10.0 Å². The normalized spacial score (nSPS) is 15.7. The third-order valence-corrected chi connectivity index (χ3v) is 7.33. The lowest BCUT2D eigenvalue weighted by atomic mass is 10.2. The highest BCUT2D eigenvalue weighted by molar-refractivity contribution is 7.89. The van der Waals surface area contributed by atoms with E-state index in [1.807, 2.05) is 11.9 Å². The van der Waals surface area contributed by atoms with Crippen molar-refractivity contribution in [1.82, 2.24) is 9.21 Å². The standard InChI is InChI=1S/C21H24N4O6S/c1-22-8-10-24(11-9-22)32(28,29)19-6-7-20(21(14-19)25(26)27)23(15-17-4-2-12-30-17)16-18-5-3-13-31-18/h2-7,12-14H,8-11,15-16H2,1H3. The lowest BCUT2D eigenvalue weighted by Crippen LogP contribution is -2.47. The van der Waals surface area contributed by atoms with Crippen LogP contribution in [0.1, 0.15) is 11.5 Å². The molecule has 10 nitrogen and oxygen atoms in total. The summed E-state index contributed by atoms with van der Waals surface area (Å²) in [5, 5.41) is 11.9. The Morgan fingerprint density at radius 2 is 1.59 bits per heavy atom. The molecule has 0 aliphatic carbocycles. The minimum absolute atomic E-state index is 0.0894. The maximum Gasteiger partial charge on any atom is 0.293 e. The van der Waals surface area contributed by atoms with E-state index >= 15 is 0 Å². The largest absolute Gasteiger partial charge is 0.467 e. The second-order valence-electron chi connectivity index (χ2n) is 7.63. The number of nitro benzene ring substituents is 1. The molecule has 1 aliphatic rings. The number of sulfonamides is 1. The molecule has 0 bridgehead atoms. The first-order valence-electron chi connectivity index (χ1n) is 10.1. The Morgan fingerprint density at radius 3 is 2.09 bits per heavy atom. The fraction of sp³-hybridized carbons (Fsp3) is 0.333. The summed E-state index contributed by atoms with van der Waals surface area (Å²) in [7, 11) is -1.91. The Balaban J connectivity index is 1.69. The molecule has 11 heteroatoms. The summed E-state index contributed by atoms with van der Waals surface area (Å²) < 4.78 is 38.4. The number of rotatable bonds is 8. The van der Waals surface area contributed by atoms with Crippen molar-refractivity contribution >= 4 is 21.4 Å². The minimum Gasteiger partial charge on any atom is -0.467 e. The maximum atomic E-state index is 13.1. The van der Waals surface area contributed by atoms with Gasteiger partial charge in [-0.05, 0) is 43.4 Å². The second kappa shape index (κ2) is 9.15. The zero-order valence-corrected chi connectivity index (χ0v) is 18.4. The van der Waals surface area contributed by atoms with E-state index in [0.29, 0.717) is 37.7 Å². The molecule has 2 aromatic heterocycles. The molecule has 0 spiro atoms. The van der Waals surface area contributed by atoms with Crippen LogP contribution in [0.3, 0.4) is 0 Å². The number of nitro groups is 1. The molecule has 0 N–H and O–H groups in total. The molecule has 0 amide bonds. The number of hydrogen-bond donors (Lipinski definition) is 0. The van der Waals surface area contributed by atoms with Gasteiger partial charge in [-0.2, -0.15) is 4.31 Å². The molecule has 0 unspecified atom stereocenters. The van der Waals surface area contributed by atoms with Gasteiger partial charge in [0.1, 0.15) is 17.2 Å². The van der Waals surface area contributed by atoms with Crippen LogP contribution in [0.4, 0.5) is 11.4 Å². The zero-order chi connectivity index (χ0) is 22.7. The van der Waals surface area contributed by atoms with Crippen molar-refractivity contribution in [3.05, 3.63) is 76.6 Å². The van der Waals surface area contributed by atoms with Crippen LogP contribution in [-0.4, -0.2) is 55.8 Å². The number of furan rings is 2. The molecular weight excluding hydrogens is 436 g/mol. The van der Waals surface area contributed by atoms with E-state index in [9.17, 15) is 18.5 Å². The zero-order valence-electron chi connectivity index (χ0n) is 17.6. The average Bonchev–Trinajstić information content (AvgIpc) is 3.47. The van der Waals surface area contributed by atoms with Gasteiger partial charge in [-0.1, -0.05) is 0 Å². The average molecular weight is 461 g/mol. The first kappa shape index (κ1) is 22.1. The summed E-state index contributed by atoms with van der Waals surface area (Å²) in [6.07, 6.45) is 3.06. The molecule has 3 heterocycles. The van der Waals surface area contributed by atoms with E-state index < -0.39 is 14.9 Å². The number of anilines is 1. The fourth-order valence-corrected chi connectivity index (χ4v) is 5.11. The lowest BCUT2D eigenvalue weighted by Gasteiger charge is -2.31. The van der Waals surface area contributed by atoms with E-state index in [1.54, 1.807) is 29.2 Å². The summed E-state index contributed by atoms with van der Waals surface area (Å²) in [5.41, 5.74) is -0.0153. The summed E-state index contributed by atoms with van der Waals surface area (Å²) in [6, 6.07) is 11.1. The summed E-state index contributed by atoms with van der Waals surface area (Å²) in [6.45, 7) is 2.41. The highest BCUT2D eigenvalue weighted by Crippen LogP contribution is 2.34. The molecule has 1 fully saturated rings. The third-order valence-electron chi connectivity index (χ3n) is 5.44. The van der Waals surface area contributed by atoms with E-state index in [0.717, 1.165) is 6.07 Å². The molecule has 32 heavy (non-hydrogen) atoms. The predicted octanol–water partition coefficient (Wildman–Crippen LogP) is 2.92. The van der Waals surface area contributed by atoms with Gasteiger partial charge in [0, 0.05) is 32.2 Å². The van der Waals surface area contributed by atoms with Gasteiger partial charge in [-0.15, -0.1) is 0 Å². The van der Waals surface area contributed by atoms with E-state index in [-0.39, 0.29) is 29.4 Å². The first-order chi connectivity index (χ1) is 15.3. The smallest absolute Gasteiger partial charge is 0.293 e. The quantitative estimate of drug-likeness (QED) is 0.372. The van der Waals surface area contributed by atoms with Crippen molar-refractivity contribution in [3.8, 4) is 0 Å². The topological polar surface area (TPSA) is 113 Å². The number of piperazine rings is 1. The maximum absolute atomic E-state index is 13.1. The lowest BCUT2D eigenvalue weighted by molar-refractivity contribution is -0.384. The monoisotopic (exact) mass is 460 g/mol. The van der Waals surface area contributed by atoms with Gasteiger partial charge in [0.05, 0.1) is 35.4 Å². The fourth-order valence-electron chi connectivity index (χ4n) is 3.66. The van der Waals surface area contributed by atoms with Crippen LogP contribution < -0.4 is 4.90 Å². The highest BCUT2D eigenvalue weighted by Gasteiger charge is 2.31. The first-order valence-corrected chi connectivity index (χ1v) is 11.6. The SMILES string of the molecule is CN1CCN(S(=O)(=O)c2ccc(N(Cc3ccco3)Cc3ccco3)c([N+](=O)[O-])c2)CC1. The molecule has 0 saturated carbocycles. The molecule has 0 radical (unpaired) electrons. The van der Waals surface area contributed by atoms with Gasteiger partial charge in [0.25, 0.3) is 5.69 Å². The van der Waals surface area contributed by atoms with Gasteiger partial charge in [0.15, 0.2) is 0 Å². The Bertz CT molecular complexity index is 1120.